The summed E-state index contributed by atoms with van der Waals surface area (Å²) in [6, 6.07) is 3.85. The number of nitrogens with zero attached hydrogens (tertiary/aromatic N) is 2. The second kappa shape index (κ2) is 3.79. The molecular weight excluding hydrogens is 200 g/mol. The summed E-state index contributed by atoms with van der Waals surface area (Å²) >= 11 is 0. The van der Waals surface area contributed by atoms with Crippen LogP contribution in [0.15, 0.2) is 24.5 Å². The molecule has 0 spiro atoms. The minimum absolute atomic E-state index is 0.535. The molecule has 1 aliphatic rings. The van der Waals surface area contributed by atoms with Gasteiger partial charge in [0.2, 0.25) is 0 Å². The van der Waals surface area contributed by atoms with Gasteiger partial charge < -0.3 is 15.5 Å². The van der Waals surface area contributed by atoms with E-state index in [0.29, 0.717) is 5.92 Å². The molecule has 4 nitrogen and oxygen atoms in total. The SMILES string of the molecule is Nc1cccn2cc(C3CCCNC3)nc12. The lowest BCUT2D eigenvalue weighted by Gasteiger charge is -2.20. The molecular formula is C12H16N4. The lowest BCUT2D eigenvalue weighted by atomic mass is 9.97. The van der Waals surface area contributed by atoms with E-state index in [0.717, 1.165) is 30.1 Å². The number of nitrogens with one attached hydrogen (secondary N) is 1. The number of piperidine rings is 1. The molecule has 0 bridgehead atoms. The predicted octanol–water partition coefficient (Wildman–Crippen LogP) is 1.38. The molecule has 4 heteroatoms. The van der Waals surface area contributed by atoms with Crippen molar-refractivity contribution < 1.29 is 0 Å². The van der Waals surface area contributed by atoms with Crippen molar-refractivity contribution in [3.63, 3.8) is 0 Å². The lowest BCUT2D eigenvalue weighted by Crippen LogP contribution is -2.28. The topological polar surface area (TPSA) is 55.4 Å². The van der Waals surface area contributed by atoms with Gasteiger partial charge in [0.05, 0.1) is 11.4 Å². The van der Waals surface area contributed by atoms with Crippen LogP contribution in [-0.2, 0) is 0 Å². The Morgan fingerprint density at radius 1 is 1.50 bits per heavy atom. The maximum absolute atomic E-state index is 5.90. The highest BCUT2D eigenvalue weighted by Crippen LogP contribution is 2.24. The average molecular weight is 216 g/mol. The van der Waals surface area contributed by atoms with Crippen LogP contribution in [0.5, 0.6) is 0 Å². The summed E-state index contributed by atoms with van der Waals surface area (Å²) in [4.78, 5) is 4.63. The Labute approximate surface area is 94.5 Å². The van der Waals surface area contributed by atoms with E-state index in [1.54, 1.807) is 0 Å². The first-order valence-corrected chi connectivity index (χ1v) is 5.78. The standard InChI is InChI=1S/C12H16N4/c13-10-4-2-6-16-8-11(15-12(10)16)9-3-1-5-14-7-9/h2,4,6,8-9,14H,1,3,5,7,13H2. The van der Waals surface area contributed by atoms with Gasteiger partial charge in [0.1, 0.15) is 0 Å². The Morgan fingerprint density at radius 2 is 2.44 bits per heavy atom. The van der Waals surface area contributed by atoms with Crippen molar-refractivity contribution in [3.8, 4) is 0 Å². The van der Waals surface area contributed by atoms with E-state index < -0.39 is 0 Å². The zero-order valence-corrected chi connectivity index (χ0v) is 9.19. The van der Waals surface area contributed by atoms with Crippen LogP contribution >= 0.6 is 0 Å². The number of fused-ring (bicyclic) bond motifs is 1. The second-order valence-corrected chi connectivity index (χ2v) is 4.40. The highest BCUT2D eigenvalue weighted by Gasteiger charge is 2.18. The van der Waals surface area contributed by atoms with E-state index in [2.05, 4.69) is 16.5 Å². The quantitative estimate of drug-likeness (QED) is 0.757. The molecule has 3 rings (SSSR count). The predicted molar refractivity (Wildman–Crippen MR) is 64.4 cm³/mol. The zero-order valence-electron chi connectivity index (χ0n) is 9.19. The van der Waals surface area contributed by atoms with Crippen LogP contribution in [0.2, 0.25) is 0 Å². The number of anilines is 1. The number of hydrogen-bond donors (Lipinski definition) is 2. The van der Waals surface area contributed by atoms with Crippen LogP contribution in [0.25, 0.3) is 5.65 Å². The van der Waals surface area contributed by atoms with E-state index in [4.69, 9.17) is 5.73 Å². The molecule has 1 atom stereocenters. The molecule has 0 aliphatic carbocycles. The molecule has 16 heavy (non-hydrogen) atoms. The molecule has 2 aromatic heterocycles. The molecule has 0 saturated carbocycles. The zero-order chi connectivity index (χ0) is 11.0. The number of hydrogen-bond acceptors (Lipinski definition) is 3. The van der Waals surface area contributed by atoms with E-state index in [1.807, 2.05) is 22.7 Å². The van der Waals surface area contributed by atoms with Gasteiger partial charge in [-0.2, -0.15) is 0 Å². The number of nitrogen functional groups attached to an aromatic ring is 1. The van der Waals surface area contributed by atoms with Crippen molar-refractivity contribution in [2.75, 3.05) is 18.8 Å². The van der Waals surface area contributed by atoms with Crippen LogP contribution in [0, 0.1) is 0 Å². The van der Waals surface area contributed by atoms with Crippen molar-refractivity contribution in [1.29, 1.82) is 0 Å². The number of pyridine rings is 1. The molecule has 0 radical (unpaired) electrons. The van der Waals surface area contributed by atoms with Crippen molar-refractivity contribution >= 4 is 11.3 Å². The lowest BCUT2D eigenvalue weighted by molar-refractivity contribution is 0.456. The summed E-state index contributed by atoms with van der Waals surface area (Å²) < 4.78 is 2.01. The molecule has 1 aliphatic heterocycles. The largest absolute Gasteiger partial charge is 0.396 e. The number of imidazole rings is 1. The molecule has 1 fully saturated rings. The van der Waals surface area contributed by atoms with Crippen LogP contribution in [0.3, 0.4) is 0 Å². The first-order valence-electron chi connectivity index (χ1n) is 5.78. The van der Waals surface area contributed by atoms with E-state index in [-0.39, 0.29) is 0 Å². The fourth-order valence-corrected chi connectivity index (χ4v) is 2.35. The van der Waals surface area contributed by atoms with Crippen molar-refractivity contribution in [3.05, 3.63) is 30.2 Å². The number of nitrogens with two attached hydrogens (primary N) is 1. The molecule has 0 aromatic carbocycles. The Bertz CT molecular complexity index is 497. The third-order valence-electron chi connectivity index (χ3n) is 3.25. The second-order valence-electron chi connectivity index (χ2n) is 4.40. The minimum atomic E-state index is 0.535. The number of aromatic nitrogens is 2. The molecule has 0 amide bonds. The van der Waals surface area contributed by atoms with Gasteiger partial charge in [-0.1, -0.05) is 0 Å². The summed E-state index contributed by atoms with van der Waals surface area (Å²) in [5, 5.41) is 3.41. The van der Waals surface area contributed by atoms with Gasteiger partial charge in [-0.3, -0.25) is 0 Å². The smallest absolute Gasteiger partial charge is 0.160 e. The molecule has 3 N–H and O–H groups in total. The van der Waals surface area contributed by atoms with Crippen LogP contribution in [0.4, 0.5) is 5.69 Å². The van der Waals surface area contributed by atoms with E-state index in [1.165, 1.54) is 12.8 Å². The fourth-order valence-electron chi connectivity index (χ4n) is 2.35. The van der Waals surface area contributed by atoms with Crippen molar-refractivity contribution in [1.82, 2.24) is 14.7 Å². The van der Waals surface area contributed by atoms with Gasteiger partial charge in [-0.05, 0) is 31.5 Å². The first-order chi connectivity index (χ1) is 7.84. The van der Waals surface area contributed by atoms with E-state index >= 15 is 0 Å². The summed E-state index contributed by atoms with van der Waals surface area (Å²) in [5.41, 5.74) is 8.68. The average Bonchev–Trinajstić information content (AvgIpc) is 2.76. The maximum Gasteiger partial charge on any atom is 0.160 e. The Morgan fingerprint density at radius 3 is 3.19 bits per heavy atom. The monoisotopic (exact) mass is 216 g/mol. The number of rotatable bonds is 1. The highest BCUT2D eigenvalue weighted by molar-refractivity contribution is 5.64. The third-order valence-corrected chi connectivity index (χ3v) is 3.25. The van der Waals surface area contributed by atoms with Gasteiger partial charge >= 0.3 is 0 Å². The van der Waals surface area contributed by atoms with Crippen LogP contribution in [-0.4, -0.2) is 22.5 Å². The molecule has 1 saturated heterocycles. The highest BCUT2D eigenvalue weighted by atomic mass is 15.0. The van der Waals surface area contributed by atoms with Crippen molar-refractivity contribution in [2.45, 2.75) is 18.8 Å². The summed E-state index contributed by atoms with van der Waals surface area (Å²) in [6.45, 7) is 2.16. The van der Waals surface area contributed by atoms with Gasteiger partial charge in [-0.25, -0.2) is 4.98 Å². The van der Waals surface area contributed by atoms with Crippen LogP contribution < -0.4 is 11.1 Å². The third kappa shape index (κ3) is 1.55. The van der Waals surface area contributed by atoms with Gasteiger partial charge in [0, 0.05) is 24.9 Å². The van der Waals surface area contributed by atoms with E-state index in [9.17, 15) is 0 Å². The normalized spacial score (nSPS) is 21.4. The first kappa shape index (κ1) is 9.66. The molecule has 3 heterocycles. The molecule has 1 unspecified atom stereocenters. The van der Waals surface area contributed by atoms with Gasteiger partial charge in [0.15, 0.2) is 5.65 Å². The minimum Gasteiger partial charge on any atom is -0.396 e. The van der Waals surface area contributed by atoms with Gasteiger partial charge in [0.25, 0.3) is 0 Å². The maximum atomic E-state index is 5.90. The fraction of sp³-hybridized carbons (Fsp3) is 0.417. The summed E-state index contributed by atoms with van der Waals surface area (Å²) in [5.74, 6) is 0.535. The summed E-state index contributed by atoms with van der Waals surface area (Å²) in [6.07, 6.45) is 6.55. The molecule has 84 valence electrons. The van der Waals surface area contributed by atoms with Crippen molar-refractivity contribution in [2.24, 2.45) is 0 Å². The Hall–Kier alpha value is -1.55. The van der Waals surface area contributed by atoms with Crippen LogP contribution in [0.1, 0.15) is 24.5 Å². The molecule has 2 aromatic rings. The summed E-state index contributed by atoms with van der Waals surface area (Å²) in [7, 11) is 0. The Kier molecular flexibility index (Phi) is 2.29. The Balaban J connectivity index is 2.01. The van der Waals surface area contributed by atoms with Gasteiger partial charge in [-0.15, -0.1) is 0 Å².